The predicted octanol–water partition coefficient (Wildman–Crippen LogP) is 11.0. The van der Waals surface area contributed by atoms with Crippen LogP contribution in [0.3, 0.4) is 0 Å². The Labute approximate surface area is 280 Å². The molecule has 4 rings (SSSR count). The molecule has 1 saturated carbocycles. The van der Waals surface area contributed by atoms with E-state index in [0.717, 1.165) is 75.8 Å². The van der Waals surface area contributed by atoms with Crippen molar-refractivity contribution in [2.24, 2.45) is 10.9 Å². The Balaban J connectivity index is 0.000000693. The number of unbranched alkanes of at least 4 members (excludes halogenated alkanes) is 2. The van der Waals surface area contributed by atoms with Crippen LogP contribution in [0.4, 0.5) is 5.69 Å². The molecule has 45 heavy (non-hydrogen) atoms. The molecule has 0 amide bonds. The van der Waals surface area contributed by atoms with E-state index in [4.69, 9.17) is 16.6 Å². The number of amidine groups is 1. The Morgan fingerprint density at radius 1 is 0.911 bits per heavy atom. The van der Waals surface area contributed by atoms with Crippen LogP contribution in [-0.2, 0) is 6.54 Å². The molecule has 1 N–H and O–H groups in total. The van der Waals surface area contributed by atoms with Crippen LogP contribution < -0.4 is 5.32 Å². The van der Waals surface area contributed by atoms with Crippen molar-refractivity contribution in [3.63, 3.8) is 0 Å². The van der Waals surface area contributed by atoms with Crippen LogP contribution in [0.15, 0.2) is 83.0 Å². The standard InChI is InChI=1S/C33H45ClN4.C7H14/c1-6-8-11-26(3)33(24-35-27(4)36-31-13-10-12-30(34)23-31)32(14-9-7-2)29-17-15-28(16-18-29)25-38-21-19-37(5)20-22-38;1-7-5-3-2-4-6-7/h10-18,23-24H,6-9,19-22,25H2,1-5H3,(H,35,36);7H,2-6H2,1H3/b26-11+,32-14-,33-24+;. The largest absolute Gasteiger partial charge is 0.344 e. The van der Waals surface area contributed by atoms with Gasteiger partial charge in [0, 0.05) is 55.2 Å². The van der Waals surface area contributed by atoms with Gasteiger partial charge in [0.25, 0.3) is 0 Å². The van der Waals surface area contributed by atoms with Crippen molar-refractivity contribution in [3.8, 4) is 0 Å². The average molecular weight is 631 g/mol. The number of hydrogen-bond acceptors (Lipinski definition) is 3. The fraction of sp³-hybridized carbons (Fsp3) is 0.525. The maximum absolute atomic E-state index is 6.16. The highest BCUT2D eigenvalue weighted by atomic mass is 35.5. The molecule has 2 aromatic rings. The van der Waals surface area contributed by atoms with Crippen LogP contribution >= 0.6 is 11.6 Å². The Bertz CT molecular complexity index is 1260. The first-order chi connectivity index (χ1) is 21.8. The summed E-state index contributed by atoms with van der Waals surface area (Å²) in [5.74, 6) is 1.86. The molecule has 0 aromatic heterocycles. The molecule has 1 heterocycles. The van der Waals surface area contributed by atoms with E-state index in [-0.39, 0.29) is 0 Å². The zero-order chi connectivity index (χ0) is 32.4. The number of nitrogens with one attached hydrogen (secondary N) is 1. The minimum Gasteiger partial charge on any atom is -0.344 e. The Morgan fingerprint density at radius 2 is 1.58 bits per heavy atom. The summed E-state index contributed by atoms with van der Waals surface area (Å²) in [4.78, 5) is 9.80. The van der Waals surface area contributed by atoms with Crippen molar-refractivity contribution in [1.29, 1.82) is 0 Å². The van der Waals surface area contributed by atoms with Crippen molar-refractivity contribution in [3.05, 3.63) is 94.2 Å². The molecule has 2 aromatic carbocycles. The average Bonchev–Trinajstić information content (AvgIpc) is 3.04. The number of aliphatic imine (C=N–C) groups is 1. The molecule has 5 heteroatoms. The maximum Gasteiger partial charge on any atom is 0.103 e. The third kappa shape index (κ3) is 13.7. The minimum atomic E-state index is 0.707. The van der Waals surface area contributed by atoms with E-state index < -0.39 is 0 Å². The first-order valence-corrected chi connectivity index (χ1v) is 17.8. The summed E-state index contributed by atoms with van der Waals surface area (Å²) < 4.78 is 0. The van der Waals surface area contributed by atoms with E-state index in [9.17, 15) is 0 Å². The van der Waals surface area contributed by atoms with Gasteiger partial charge in [-0.25, -0.2) is 4.99 Å². The van der Waals surface area contributed by atoms with Gasteiger partial charge in [-0.05, 0) is 80.1 Å². The van der Waals surface area contributed by atoms with E-state index in [2.05, 4.69) is 86.3 Å². The Hall–Kier alpha value is -2.66. The zero-order valence-electron chi connectivity index (χ0n) is 29.0. The highest BCUT2D eigenvalue weighted by molar-refractivity contribution is 6.30. The summed E-state index contributed by atoms with van der Waals surface area (Å²) in [5, 5.41) is 4.07. The molecule has 0 atom stereocenters. The number of anilines is 1. The summed E-state index contributed by atoms with van der Waals surface area (Å²) in [6.07, 6.45) is 18.5. The summed E-state index contributed by atoms with van der Waals surface area (Å²) in [6.45, 7) is 16.6. The third-order valence-corrected chi connectivity index (χ3v) is 9.02. The lowest BCUT2D eigenvalue weighted by atomic mass is 9.91. The van der Waals surface area contributed by atoms with Gasteiger partial charge in [0.05, 0.1) is 0 Å². The number of nitrogens with zero attached hydrogens (tertiary/aromatic N) is 3. The maximum atomic E-state index is 6.16. The number of halogens is 1. The van der Waals surface area contributed by atoms with Crippen molar-refractivity contribution >= 4 is 28.7 Å². The fourth-order valence-electron chi connectivity index (χ4n) is 5.86. The molecule has 246 valence electrons. The smallest absolute Gasteiger partial charge is 0.103 e. The summed E-state index contributed by atoms with van der Waals surface area (Å²) >= 11 is 6.16. The number of allylic oxidation sites excluding steroid dienone is 5. The second-order valence-electron chi connectivity index (χ2n) is 13.0. The molecule has 0 radical (unpaired) electrons. The molecule has 4 nitrogen and oxygen atoms in total. The van der Waals surface area contributed by atoms with Crippen LogP contribution in [0.5, 0.6) is 0 Å². The van der Waals surface area contributed by atoms with Gasteiger partial charge in [0.1, 0.15) is 5.84 Å². The van der Waals surface area contributed by atoms with Crippen molar-refractivity contribution in [2.45, 2.75) is 99.0 Å². The highest BCUT2D eigenvalue weighted by Gasteiger charge is 2.15. The number of piperazine rings is 1. The first kappa shape index (κ1) is 36.8. The van der Waals surface area contributed by atoms with Crippen LogP contribution in [0.1, 0.15) is 104 Å². The quantitative estimate of drug-likeness (QED) is 0.152. The molecule has 0 unspecified atom stereocenters. The number of rotatable bonds is 11. The fourth-order valence-corrected chi connectivity index (χ4v) is 6.05. The van der Waals surface area contributed by atoms with Crippen LogP contribution in [0, 0.1) is 5.92 Å². The second kappa shape index (κ2) is 20.5. The highest BCUT2D eigenvalue weighted by Crippen LogP contribution is 2.31. The first-order valence-electron chi connectivity index (χ1n) is 17.4. The van der Waals surface area contributed by atoms with Crippen LogP contribution in [0.2, 0.25) is 5.02 Å². The molecule has 2 aliphatic rings. The van der Waals surface area contributed by atoms with Crippen molar-refractivity contribution in [2.75, 3.05) is 38.5 Å². The monoisotopic (exact) mass is 630 g/mol. The van der Waals surface area contributed by atoms with E-state index >= 15 is 0 Å². The molecular formula is C40H59ClN4. The van der Waals surface area contributed by atoms with Gasteiger partial charge >= 0.3 is 0 Å². The van der Waals surface area contributed by atoms with E-state index in [1.54, 1.807) is 0 Å². The number of benzene rings is 2. The zero-order valence-corrected chi connectivity index (χ0v) is 29.8. The third-order valence-electron chi connectivity index (χ3n) is 8.79. The van der Waals surface area contributed by atoms with Gasteiger partial charge in [-0.3, -0.25) is 4.90 Å². The topological polar surface area (TPSA) is 30.9 Å². The summed E-state index contributed by atoms with van der Waals surface area (Å²) in [5.41, 5.74) is 7.23. The molecule has 2 fully saturated rings. The van der Waals surface area contributed by atoms with E-state index in [0.29, 0.717) is 5.02 Å². The van der Waals surface area contributed by atoms with Crippen LogP contribution in [0.25, 0.3) is 5.57 Å². The van der Waals surface area contributed by atoms with Gasteiger partial charge in [-0.2, -0.15) is 0 Å². The Morgan fingerprint density at radius 3 is 2.18 bits per heavy atom. The number of hydrogen-bond donors (Lipinski definition) is 1. The molecule has 0 spiro atoms. The second-order valence-corrected chi connectivity index (χ2v) is 13.4. The van der Waals surface area contributed by atoms with Gasteiger partial charge in [-0.1, -0.05) is 120 Å². The van der Waals surface area contributed by atoms with Gasteiger partial charge in [0.15, 0.2) is 0 Å². The van der Waals surface area contributed by atoms with Crippen molar-refractivity contribution < 1.29 is 0 Å². The van der Waals surface area contributed by atoms with Crippen molar-refractivity contribution in [1.82, 2.24) is 9.80 Å². The summed E-state index contributed by atoms with van der Waals surface area (Å²) in [6, 6.07) is 16.9. The Kier molecular flexibility index (Phi) is 16.7. The number of likely N-dealkylation sites (N-methyl/N-ethyl adjacent to an activating group) is 1. The normalized spacial score (nSPS) is 18.0. The summed E-state index contributed by atoms with van der Waals surface area (Å²) in [7, 11) is 2.21. The van der Waals surface area contributed by atoms with Crippen LogP contribution in [-0.4, -0.2) is 48.9 Å². The lowest BCUT2D eigenvalue weighted by Crippen LogP contribution is -2.43. The molecule has 0 bridgehead atoms. The van der Waals surface area contributed by atoms with E-state index in [1.807, 2.05) is 37.4 Å². The lowest BCUT2D eigenvalue weighted by molar-refractivity contribution is 0.148. The SMILES string of the molecule is CC1CCCCC1.CCC\C=C(C(=C/N=C(C)Nc1cccc(Cl)c1)/C(C)=C/CCC)\c1ccc(CN2CCN(C)CC2)cc1. The van der Waals surface area contributed by atoms with Gasteiger partial charge in [0.2, 0.25) is 0 Å². The molecule has 1 aliphatic carbocycles. The van der Waals surface area contributed by atoms with Gasteiger partial charge in [-0.15, -0.1) is 0 Å². The molecule has 1 aliphatic heterocycles. The van der Waals surface area contributed by atoms with E-state index in [1.165, 1.54) is 60.0 Å². The lowest BCUT2D eigenvalue weighted by Gasteiger charge is -2.32. The predicted molar refractivity (Wildman–Crippen MR) is 199 cm³/mol. The van der Waals surface area contributed by atoms with Gasteiger partial charge < -0.3 is 10.2 Å². The molecule has 1 saturated heterocycles. The molecular weight excluding hydrogens is 572 g/mol. The minimum absolute atomic E-state index is 0.707.